The first-order valence-electron chi connectivity index (χ1n) is 7.14. The van der Waals surface area contributed by atoms with Crippen molar-refractivity contribution in [1.82, 2.24) is 0 Å². The van der Waals surface area contributed by atoms with E-state index < -0.39 is 0 Å². The minimum Gasteiger partial charge on any atom is -0.0950 e. The van der Waals surface area contributed by atoms with Crippen molar-refractivity contribution in [3.63, 3.8) is 0 Å². The van der Waals surface area contributed by atoms with E-state index in [-0.39, 0.29) is 0 Å². The Labute approximate surface area is 99.8 Å². The Balaban J connectivity index is 1.82. The second-order valence-electron chi connectivity index (χ2n) is 6.27. The molecular weight excluding hydrogens is 192 g/mol. The molecule has 3 aliphatic rings. The lowest BCUT2D eigenvalue weighted by Gasteiger charge is -2.36. The topological polar surface area (TPSA) is 0 Å². The maximum Gasteiger partial charge on any atom is -0.00209 e. The normalized spacial score (nSPS) is 33.9. The molecule has 2 saturated carbocycles. The fourth-order valence-corrected chi connectivity index (χ4v) is 3.99. The van der Waals surface area contributed by atoms with Crippen molar-refractivity contribution in [1.29, 1.82) is 0 Å². The maximum atomic E-state index is 4.47. The summed E-state index contributed by atoms with van der Waals surface area (Å²) in [7, 11) is 0. The first-order valence-corrected chi connectivity index (χ1v) is 7.14. The summed E-state index contributed by atoms with van der Waals surface area (Å²) in [6.07, 6.45) is 13.9. The van der Waals surface area contributed by atoms with E-state index in [2.05, 4.69) is 19.6 Å². The van der Waals surface area contributed by atoms with Crippen molar-refractivity contribution in [2.24, 2.45) is 17.3 Å². The molecule has 88 valence electrons. The van der Waals surface area contributed by atoms with Gasteiger partial charge in [0.15, 0.2) is 0 Å². The zero-order valence-corrected chi connectivity index (χ0v) is 10.6. The van der Waals surface area contributed by atoms with Crippen LogP contribution in [0.4, 0.5) is 0 Å². The van der Waals surface area contributed by atoms with E-state index in [9.17, 15) is 0 Å². The van der Waals surface area contributed by atoms with Crippen molar-refractivity contribution in [3.05, 3.63) is 23.8 Å². The molecular formula is C16H24. The molecule has 0 radical (unpaired) electrons. The molecule has 0 heterocycles. The standard InChI is InChI=1S/C16H24/c1-12-8-9-15(13(2)16(12)10-11-16)14-6-4-3-5-7-14/h9,12,14H,2-8,10-11H2,1H3. The molecule has 0 N–H and O–H groups in total. The lowest BCUT2D eigenvalue weighted by Crippen LogP contribution is -2.24. The fourth-order valence-electron chi connectivity index (χ4n) is 3.99. The molecule has 3 aliphatic carbocycles. The minimum atomic E-state index is 0.557. The van der Waals surface area contributed by atoms with Crippen LogP contribution < -0.4 is 0 Å². The van der Waals surface area contributed by atoms with E-state index in [1.807, 2.05) is 0 Å². The van der Waals surface area contributed by atoms with Crippen molar-refractivity contribution in [2.45, 2.75) is 58.3 Å². The van der Waals surface area contributed by atoms with Gasteiger partial charge in [0.1, 0.15) is 0 Å². The number of hydrogen-bond acceptors (Lipinski definition) is 0. The molecule has 0 heteroatoms. The SMILES string of the molecule is C=C1C(C2CCCCC2)=CCC(C)C12CC2. The van der Waals surface area contributed by atoms with Crippen LogP contribution in [-0.4, -0.2) is 0 Å². The predicted octanol–water partition coefficient (Wildman–Crippen LogP) is 4.87. The third-order valence-corrected chi connectivity index (χ3v) is 5.42. The van der Waals surface area contributed by atoms with E-state index in [1.54, 1.807) is 5.57 Å². The van der Waals surface area contributed by atoms with Gasteiger partial charge in [0, 0.05) is 0 Å². The quantitative estimate of drug-likeness (QED) is 0.586. The molecule has 0 nitrogen and oxygen atoms in total. The number of hydrogen-bond donors (Lipinski definition) is 0. The van der Waals surface area contributed by atoms with Gasteiger partial charge in [-0.2, -0.15) is 0 Å². The van der Waals surface area contributed by atoms with Crippen LogP contribution in [0.15, 0.2) is 23.8 Å². The summed E-state index contributed by atoms with van der Waals surface area (Å²) in [5.74, 6) is 1.72. The van der Waals surface area contributed by atoms with Gasteiger partial charge in [-0.1, -0.05) is 38.8 Å². The molecule has 0 aromatic carbocycles. The predicted molar refractivity (Wildman–Crippen MR) is 69.2 cm³/mol. The number of allylic oxidation sites excluding steroid dienone is 3. The summed E-state index contributed by atoms with van der Waals surface area (Å²) in [5, 5.41) is 0. The molecule has 0 saturated heterocycles. The summed E-state index contributed by atoms with van der Waals surface area (Å²) >= 11 is 0. The Bertz CT molecular complexity index is 324. The molecule has 16 heavy (non-hydrogen) atoms. The Kier molecular flexibility index (Phi) is 2.49. The highest BCUT2D eigenvalue weighted by Gasteiger charge is 2.51. The maximum absolute atomic E-state index is 4.47. The average Bonchev–Trinajstić information content (AvgIpc) is 3.10. The monoisotopic (exact) mass is 216 g/mol. The van der Waals surface area contributed by atoms with Crippen LogP contribution in [0.2, 0.25) is 0 Å². The van der Waals surface area contributed by atoms with Gasteiger partial charge >= 0.3 is 0 Å². The summed E-state index contributed by atoms with van der Waals surface area (Å²) in [6.45, 7) is 6.89. The summed E-state index contributed by atoms with van der Waals surface area (Å²) in [6, 6.07) is 0. The molecule has 0 bridgehead atoms. The van der Waals surface area contributed by atoms with Gasteiger partial charge in [-0.05, 0) is 60.5 Å². The highest BCUT2D eigenvalue weighted by atomic mass is 14.6. The molecule has 2 fully saturated rings. The van der Waals surface area contributed by atoms with Gasteiger partial charge in [-0.15, -0.1) is 0 Å². The third kappa shape index (κ3) is 1.49. The van der Waals surface area contributed by atoms with Crippen LogP contribution in [0.5, 0.6) is 0 Å². The molecule has 1 spiro atoms. The molecule has 0 aromatic rings. The lowest BCUT2D eigenvalue weighted by molar-refractivity contribution is 0.345. The Morgan fingerprint density at radius 3 is 2.50 bits per heavy atom. The van der Waals surface area contributed by atoms with Crippen LogP contribution in [0.1, 0.15) is 58.3 Å². The van der Waals surface area contributed by atoms with Crippen molar-refractivity contribution in [3.8, 4) is 0 Å². The first kappa shape index (κ1) is 10.6. The van der Waals surface area contributed by atoms with E-state index in [0.29, 0.717) is 5.41 Å². The van der Waals surface area contributed by atoms with E-state index in [0.717, 1.165) is 11.8 Å². The van der Waals surface area contributed by atoms with Gasteiger partial charge in [0.2, 0.25) is 0 Å². The first-order chi connectivity index (χ1) is 7.74. The largest absolute Gasteiger partial charge is 0.0950 e. The summed E-state index contributed by atoms with van der Waals surface area (Å²) in [5.41, 5.74) is 3.77. The van der Waals surface area contributed by atoms with Crippen LogP contribution in [0, 0.1) is 17.3 Å². The molecule has 0 amide bonds. The second-order valence-corrected chi connectivity index (χ2v) is 6.27. The van der Waals surface area contributed by atoms with Gasteiger partial charge in [0.25, 0.3) is 0 Å². The number of rotatable bonds is 1. The van der Waals surface area contributed by atoms with Crippen molar-refractivity contribution >= 4 is 0 Å². The van der Waals surface area contributed by atoms with Crippen LogP contribution in [0.3, 0.4) is 0 Å². The minimum absolute atomic E-state index is 0.557. The van der Waals surface area contributed by atoms with Crippen LogP contribution in [-0.2, 0) is 0 Å². The second kappa shape index (κ2) is 3.75. The van der Waals surface area contributed by atoms with Crippen molar-refractivity contribution < 1.29 is 0 Å². The van der Waals surface area contributed by atoms with E-state index >= 15 is 0 Å². The summed E-state index contributed by atoms with van der Waals surface area (Å²) < 4.78 is 0. The highest BCUT2D eigenvalue weighted by Crippen LogP contribution is 2.63. The Morgan fingerprint density at radius 1 is 1.19 bits per heavy atom. The van der Waals surface area contributed by atoms with E-state index in [1.165, 1.54) is 56.9 Å². The van der Waals surface area contributed by atoms with Gasteiger partial charge in [-0.25, -0.2) is 0 Å². The molecule has 3 rings (SSSR count). The molecule has 1 atom stereocenters. The Morgan fingerprint density at radius 2 is 1.88 bits per heavy atom. The Hall–Kier alpha value is -0.520. The molecule has 1 unspecified atom stereocenters. The average molecular weight is 216 g/mol. The van der Waals surface area contributed by atoms with Gasteiger partial charge in [-0.3, -0.25) is 0 Å². The van der Waals surface area contributed by atoms with E-state index in [4.69, 9.17) is 0 Å². The zero-order valence-electron chi connectivity index (χ0n) is 10.6. The fraction of sp³-hybridized carbons (Fsp3) is 0.750. The van der Waals surface area contributed by atoms with Gasteiger partial charge < -0.3 is 0 Å². The molecule has 0 aromatic heterocycles. The van der Waals surface area contributed by atoms with Crippen LogP contribution in [0.25, 0.3) is 0 Å². The summed E-state index contributed by atoms with van der Waals surface area (Å²) in [4.78, 5) is 0. The third-order valence-electron chi connectivity index (χ3n) is 5.42. The molecule has 0 aliphatic heterocycles. The van der Waals surface area contributed by atoms with Crippen molar-refractivity contribution in [2.75, 3.05) is 0 Å². The lowest BCUT2D eigenvalue weighted by atomic mass is 9.69. The highest BCUT2D eigenvalue weighted by molar-refractivity contribution is 5.43. The van der Waals surface area contributed by atoms with Crippen LogP contribution >= 0.6 is 0 Å². The smallest absolute Gasteiger partial charge is 0.00209 e. The van der Waals surface area contributed by atoms with Gasteiger partial charge in [0.05, 0.1) is 0 Å². The zero-order chi connectivity index (χ0) is 11.2.